The van der Waals surface area contributed by atoms with E-state index in [9.17, 15) is 9.59 Å². The molecule has 5 nitrogen and oxygen atoms in total. The van der Waals surface area contributed by atoms with Gasteiger partial charge in [-0.05, 0) is 20.9 Å². The first kappa shape index (κ1) is 13.9. The number of carbonyl (C=O) groups is 2. The van der Waals surface area contributed by atoms with Crippen LogP contribution in [0.1, 0.15) is 13.8 Å². The molecule has 0 aromatic rings. The molecular weight excluding hydrogens is 194 g/mol. The lowest BCUT2D eigenvalue weighted by Crippen LogP contribution is -2.43. The number of nitrogens with zero attached hydrogens (tertiary/aromatic N) is 2. The zero-order valence-electron chi connectivity index (χ0n) is 10.2. The lowest BCUT2D eigenvalue weighted by atomic mass is 10.3. The highest BCUT2D eigenvalue weighted by Gasteiger charge is 2.15. The molecule has 0 aliphatic carbocycles. The van der Waals surface area contributed by atoms with E-state index in [4.69, 9.17) is 0 Å². The summed E-state index contributed by atoms with van der Waals surface area (Å²) in [4.78, 5) is 26.0. The Bertz CT molecular complexity index is 229. The molecule has 0 aromatic heterocycles. The Morgan fingerprint density at radius 1 is 1.20 bits per heavy atom. The van der Waals surface area contributed by atoms with Gasteiger partial charge in [-0.3, -0.25) is 14.5 Å². The molecule has 0 radical (unpaired) electrons. The summed E-state index contributed by atoms with van der Waals surface area (Å²) in [5.41, 5.74) is 0. The maximum absolute atomic E-state index is 11.6. The maximum atomic E-state index is 11.6. The summed E-state index contributed by atoms with van der Waals surface area (Å²) in [5, 5.41) is 2.48. The van der Waals surface area contributed by atoms with Crippen molar-refractivity contribution in [2.45, 2.75) is 19.9 Å². The van der Waals surface area contributed by atoms with Gasteiger partial charge in [0.1, 0.15) is 0 Å². The molecule has 0 aliphatic rings. The van der Waals surface area contributed by atoms with Crippen LogP contribution in [0.2, 0.25) is 0 Å². The minimum Gasteiger partial charge on any atom is -0.358 e. The fourth-order valence-electron chi connectivity index (χ4n) is 0.899. The van der Waals surface area contributed by atoms with Crippen molar-refractivity contribution in [3.8, 4) is 0 Å². The molecule has 0 unspecified atom stereocenters. The van der Waals surface area contributed by atoms with Crippen molar-refractivity contribution in [2.75, 3.05) is 34.2 Å². The molecule has 0 saturated heterocycles. The first-order valence-corrected chi connectivity index (χ1v) is 5.03. The van der Waals surface area contributed by atoms with Gasteiger partial charge in [-0.25, -0.2) is 0 Å². The van der Waals surface area contributed by atoms with Crippen LogP contribution in [-0.4, -0.2) is 61.9 Å². The van der Waals surface area contributed by atoms with Crippen molar-refractivity contribution >= 4 is 11.8 Å². The highest BCUT2D eigenvalue weighted by atomic mass is 16.2. The molecule has 0 heterocycles. The van der Waals surface area contributed by atoms with Crippen LogP contribution >= 0.6 is 0 Å². The Hall–Kier alpha value is -1.10. The largest absolute Gasteiger partial charge is 0.358 e. The van der Waals surface area contributed by atoms with E-state index in [0.29, 0.717) is 12.6 Å². The molecule has 88 valence electrons. The van der Waals surface area contributed by atoms with Gasteiger partial charge in [0.25, 0.3) is 0 Å². The van der Waals surface area contributed by atoms with Crippen LogP contribution in [0, 0.1) is 0 Å². The first-order valence-electron chi connectivity index (χ1n) is 5.03. The highest BCUT2D eigenvalue weighted by Crippen LogP contribution is 1.95. The van der Waals surface area contributed by atoms with Gasteiger partial charge < -0.3 is 10.2 Å². The molecule has 0 atom stereocenters. The van der Waals surface area contributed by atoms with Crippen LogP contribution in [-0.2, 0) is 9.59 Å². The third-order valence-corrected chi connectivity index (χ3v) is 2.35. The predicted octanol–water partition coefficient (Wildman–Crippen LogP) is -0.469. The van der Waals surface area contributed by atoms with Crippen molar-refractivity contribution in [1.82, 2.24) is 15.1 Å². The summed E-state index contributed by atoms with van der Waals surface area (Å²) in [7, 11) is 5.07. The van der Waals surface area contributed by atoms with E-state index in [1.807, 2.05) is 25.8 Å². The highest BCUT2D eigenvalue weighted by molar-refractivity contribution is 5.85. The topological polar surface area (TPSA) is 52.7 Å². The third kappa shape index (κ3) is 5.37. The Balaban J connectivity index is 4.04. The van der Waals surface area contributed by atoms with Gasteiger partial charge in [-0.1, -0.05) is 0 Å². The van der Waals surface area contributed by atoms with Crippen molar-refractivity contribution in [2.24, 2.45) is 0 Å². The molecule has 15 heavy (non-hydrogen) atoms. The number of likely N-dealkylation sites (N-methyl/N-ethyl adjacent to an activating group) is 3. The van der Waals surface area contributed by atoms with E-state index >= 15 is 0 Å². The Morgan fingerprint density at radius 3 is 2.13 bits per heavy atom. The van der Waals surface area contributed by atoms with Gasteiger partial charge >= 0.3 is 0 Å². The zero-order chi connectivity index (χ0) is 12.0. The quantitative estimate of drug-likeness (QED) is 0.674. The molecule has 0 spiro atoms. The summed E-state index contributed by atoms with van der Waals surface area (Å²) in [6.07, 6.45) is 0. The lowest BCUT2D eigenvalue weighted by Gasteiger charge is -2.23. The van der Waals surface area contributed by atoms with Crippen LogP contribution in [0.5, 0.6) is 0 Å². The average molecular weight is 215 g/mol. The molecule has 0 saturated carbocycles. The fraction of sp³-hybridized carbons (Fsp3) is 0.800. The smallest absolute Gasteiger partial charge is 0.239 e. The van der Waals surface area contributed by atoms with E-state index in [1.165, 1.54) is 4.90 Å². The van der Waals surface area contributed by atoms with Gasteiger partial charge in [-0.2, -0.15) is 0 Å². The molecule has 5 heteroatoms. The fourth-order valence-corrected chi connectivity index (χ4v) is 0.899. The predicted molar refractivity (Wildman–Crippen MR) is 59.5 cm³/mol. The number of hydrogen-bond donors (Lipinski definition) is 1. The molecule has 0 bridgehead atoms. The minimum atomic E-state index is -0.155. The third-order valence-electron chi connectivity index (χ3n) is 2.35. The maximum Gasteiger partial charge on any atom is 0.239 e. The second kappa shape index (κ2) is 6.40. The minimum absolute atomic E-state index is 0.0465. The summed E-state index contributed by atoms with van der Waals surface area (Å²) in [6.45, 7) is 4.49. The van der Waals surface area contributed by atoms with Crippen LogP contribution in [0.4, 0.5) is 0 Å². The zero-order valence-corrected chi connectivity index (χ0v) is 10.2. The SMILES string of the molecule is CNC(=O)CN(C)C(=O)CN(C)C(C)C. The van der Waals surface area contributed by atoms with Gasteiger partial charge in [0, 0.05) is 20.1 Å². The van der Waals surface area contributed by atoms with Crippen LogP contribution in [0.3, 0.4) is 0 Å². The molecule has 0 aliphatic heterocycles. The normalized spacial score (nSPS) is 10.6. The van der Waals surface area contributed by atoms with Crippen molar-refractivity contribution in [1.29, 1.82) is 0 Å². The Labute approximate surface area is 91.4 Å². The average Bonchev–Trinajstić information content (AvgIpc) is 2.16. The van der Waals surface area contributed by atoms with Gasteiger partial charge in [0.2, 0.25) is 11.8 Å². The van der Waals surface area contributed by atoms with E-state index < -0.39 is 0 Å². The molecular formula is C10H21N3O2. The molecule has 0 aromatic carbocycles. The number of rotatable bonds is 5. The summed E-state index contributed by atoms with van der Waals surface area (Å²) in [6, 6.07) is 0.322. The first-order chi connectivity index (χ1) is 6.88. The van der Waals surface area contributed by atoms with E-state index in [-0.39, 0.29) is 18.4 Å². The van der Waals surface area contributed by atoms with Crippen molar-refractivity contribution < 1.29 is 9.59 Å². The Morgan fingerprint density at radius 2 is 1.73 bits per heavy atom. The molecule has 2 amide bonds. The number of carbonyl (C=O) groups excluding carboxylic acids is 2. The second-order valence-electron chi connectivity index (χ2n) is 3.93. The molecule has 1 N–H and O–H groups in total. The molecule has 0 fully saturated rings. The van der Waals surface area contributed by atoms with Crippen LogP contribution in [0.15, 0.2) is 0 Å². The van der Waals surface area contributed by atoms with Gasteiger partial charge in [-0.15, -0.1) is 0 Å². The standard InChI is InChI=1S/C10H21N3O2/c1-8(2)12(4)7-10(15)13(5)6-9(14)11-3/h8H,6-7H2,1-5H3,(H,11,14). The van der Waals surface area contributed by atoms with Crippen molar-refractivity contribution in [3.63, 3.8) is 0 Å². The van der Waals surface area contributed by atoms with Crippen LogP contribution in [0.25, 0.3) is 0 Å². The number of amides is 2. The summed E-state index contributed by atoms with van der Waals surface area (Å²) >= 11 is 0. The van der Waals surface area contributed by atoms with E-state index in [2.05, 4.69) is 5.32 Å². The van der Waals surface area contributed by atoms with Gasteiger partial charge in [0.05, 0.1) is 13.1 Å². The van der Waals surface area contributed by atoms with Gasteiger partial charge in [0.15, 0.2) is 0 Å². The Kier molecular flexibility index (Phi) is 5.93. The number of hydrogen-bond acceptors (Lipinski definition) is 3. The summed E-state index contributed by atoms with van der Waals surface area (Å²) in [5.74, 6) is -0.201. The lowest BCUT2D eigenvalue weighted by molar-refractivity contribution is -0.135. The van der Waals surface area contributed by atoms with Crippen LogP contribution < -0.4 is 5.32 Å². The monoisotopic (exact) mass is 215 g/mol. The van der Waals surface area contributed by atoms with Crippen molar-refractivity contribution in [3.05, 3.63) is 0 Å². The van der Waals surface area contributed by atoms with E-state index in [1.54, 1.807) is 14.1 Å². The number of nitrogens with one attached hydrogen (secondary N) is 1. The summed E-state index contributed by atoms with van der Waals surface area (Å²) < 4.78 is 0. The molecule has 0 rings (SSSR count). The second-order valence-corrected chi connectivity index (χ2v) is 3.93. The van der Waals surface area contributed by atoms with E-state index in [0.717, 1.165) is 0 Å².